The predicted molar refractivity (Wildman–Crippen MR) is 227 cm³/mol. The minimum Gasteiger partial charge on any atom is -0.456 e. The lowest BCUT2D eigenvalue weighted by Crippen LogP contribution is -2.95. The van der Waals surface area contributed by atoms with Crippen LogP contribution in [0, 0.1) is 76.9 Å². The zero-order chi connectivity index (χ0) is 42.7. The van der Waals surface area contributed by atoms with E-state index in [9.17, 15) is 30.0 Å². The molecule has 5 saturated heterocycles. The molecule has 0 aromatic carbocycles. The van der Waals surface area contributed by atoms with E-state index in [-0.39, 0.29) is 91.1 Å². The number of aliphatic hydroxyl groups excluding tert-OH is 4. The molecule has 0 aromatic heterocycles. The van der Waals surface area contributed by atoms with Crippen LogP contribution in [0.4, 0.5) is 0 Å². The van der Waals surface area contributed by atoms with E-state index >= 15 is 0 Å². The summed E-state index contributed by atoms with van der Waals surface area (Å²) in [5.74, 6) is -1.49. The van der Waals surface area contributed by atoms with Crippen molar-refractivity contribution in [2.75, 3.05) is 26.3 Å². The van der Waals surface area contributed by atoms with Gasteiger partial charge in [0.2, 0.25) is 0 Å². The Labute approximate surface area is 363 Å². The van der Waals surface area contributed by atoms with Gasteiger partial charge in [0.1, 0.15) is 23.7 Å². The smallest absolute Gasteiger partial charge is 0.334 e. The molecule has 0 aromatic rings. The van der Waals surface area contributed by atoms with Crippen molar-refractivity contribution in [2.45, 2.75) is 171 Å². The van der Waals surface area contributed by atoms with E-state index in [2.05, 4.69) is 17.6 Å². The number of ketones is 1. The Morgan fingerprint density at radius 2 is 1.67 bits per heavy atom. The molecule has 61 heavy (non-hydrogen) atoms. The number of esters is 1. The van der Waals surface area contributed by atoms with Gasteiger partial charge in [-0.3, -0.25) is 10.5 Å². The van der Waals surface area contributed by atoms with E-state index < -0.39 is 60.0 Å². The largest absolute Gasteiger partial charge is 0.456 e. The second-order valence-corrected chi connectivity index (χ2v) is 21.9. The maximum absolute atomic E-state index is 14.6. The lowest BCUT2D eigenvalue weighted by molar-refractivity contribution is -0.703. The number of rotatable bonds is 7. The zero-order valence-corrected chi connectivity index (χ0v) is 36.9. The normalized spacial score (nSPS) is 50.6. The number of carbonyl (C=O) groups is 2. The topological polar surface area (TPSA) is 223 Å². The van der Waals surface area contributed by atoms with Gasteiger partial charge in [-0.1, -0.05) is 18.9 Å². The summed E-state index contributed by atoms with van der Waals surface area (Å²) < 4.78 is 21.7. The molecular weight excluding hydrogens is 777 g/mol. The minimum atomic E-state index is -1.11. The molecule has 11 N–H and O–H groups in total. The molecule has 0 amide bonds. The molecule has 9 fully saturated rings. The number of ether oxygens (including phenoxy) is 3. The average Bonchev–Trinajstić information content (AvgIpc) is 3.79. The summed E-state index contributed by atoms with van der Waals surface area (Å²) in [5, 5.41) is 52.4. The Kier molecular flexibility index (Phi) is 13.5. The quantitative estimate of drug-likeness (QED) is 0.136. The molecule has 18 unspecified atom stereocenters. The maximum Gasteiger partial charge on any atom is 0.334 e. The third kappa shape index (κ3) is 8.24. The second kappa shape index (κ2) is 18.4. The van der Waals surface area contributed by atoms with Crippen LogP contribution in [-0.4, -0.2) is 113 Å². The number of allylic oxidation sites excluding steroid dienone is 1. The standard InChI is InChI=1S/C48H78N4O9/c1-3-31(25-6-4-5-7-25)47(58)60-37-20-34-43(57)41-36(56)19-30(22-53)59-45(41)42-40-32-14-15-51-46(50)39(32)27(10-9-26-11-12-29(55)18-33(26)35(40)23-54)17-28(48(37,2)61-44(34)42)16-24-8-13-38(49)52-21-24/h3,24-30,32-35,37-46,51-55,57H,4-23,49-50H2,1-2H3/p+1/t24?,26?,27?,28-,29?,30?,32?,33?,34?,35?,37+,38?,39?,40?,41?,42?,43?,44?,45?,46?,48+/m1/s1. The van der Waals surface area contributed by atoms with Gasteiger partial charge in [-0.2, -0.15) is 0 Å². The van der Waals surface area contributed by atoms with Crippen LogP contribution in [0.2, 0.25) is 0 Å². The molecular formula is C48H79N4O9+. The van der Waals surface area contributed by atoms with Crippen molar-refractivity contribution in [3.63, 3.8) is 0 Å². The Hall–Kier alpha value is -1.52. The number of fused-ring (bicyclic) bond motifs is 5. The molecule has 4 bridgehead atoms. The Balaban J connectivity index is 1.23. The SMILES string of the molecule is CC=C(C(=O)O[C@H]1CC2C(O)C3C(=O)CC(CO)OC3C3C2O[C@@]1(C)[C@H](CC1CCC(N)[NH2+]C1)CC1CCC2CCC(O)CC2C(CO)C3C2CCNC(N)C12)C1CCCC1. The first kappa shape index (κ1) is 44.7. The van der Waals surface area contributed by atoms with Crippen LogP contribution in [0.1, 0.15) is 117 Å². The molecule has 5 heterocycles. The van der Waals surface area contributed by atoms with Gasteiger partial charge in [0.05, 0.1) is 55.8 Å². The molecule has 4 aliphatic carbocycles. The van der Waals surface area contributed by atoms with E-state index in [0.717, 1.165) is 102 Å². The molecule has 0 radical (unpaired) electrons. The number of piperidine rings is 2. The molecule has 9 rings (SSSR count). The fourth-order valence-electron chi connectivity index (χ4n) is 16.0. The summed E-state index contributed by atoms with van der Waals surface area (Å²) in [6, 6.07) is 0. The maximum atomic E-state index is 14.6. The number of hydrogen-bond acceptors (Lipinski definition) is 12. The fraction of sp³-hybridized carbons (Fsp3) is 0.917. The van der Waals surface area contributed by atoms with Crippen molar-refractivity contribution >= 4 is 11.8 Å². The number of nitrogens with one attached hydrogen (secondary N) is 1. The number of aliphatic hydroxyl groups is 4. The molecule has 21 atom stereocenters. The Bertz CT molecular complexity index is 1590. The van der Waals surface area contributed by atoms with Crippen LogP contribution in [0.5, 0.6) is 0 Å². The van der Waals surface area contributed by atoms with Gasteiger partial charge in [0.25, 0.3) is 0 Å². The fourth-order valence-corrected chi connectivity index (χ4v) is 16.0. The summed E-state index contributed by atoms with van der Waals surface area (Å²) in [5.41, 5.74) is 13.6. The molecule has 0 spiro atoms. The summed E-state index contributed by atoms with van der Waals surface area (Å²) in [6.07, 6.45) is 10.6. The van der Waals surface area contributed by atoms with Gasteiger partial charge in [0, 0.05) is 42.8 Å². The van der Waals surface area contributed by atoms with E-state index in [1.54, 1.807) is 0 Å². The molecule has 13 heteroatoms. The molecule has 344 valence electrons. The van der Waals surface area contributed by atoms with Crippen molar-refractivity contribution in [1.29, 1.82) is 0 Å². The average molecular weight is 856 g/mol. The highest BCUT2D eigenvalue weighted by molar-refractivity contribution is 5.89. The number of hydrogen-bond donors (Lipinski definition) is 8. The predicted octanol–water partition coefficient (Wildman–Crippen LogP) is 2.11. The van der Waals surface area contributed by atoms with Crippen LogP contribution >= 0.6 is 0 Å². The van der Waals surface area contributed by atoms with Crippen molar-refractivity contribution in [3.8, 4) is 0 Å². The zero-order valence-electron chi connectivity index (χ0n) is 36.9. The summed E-state index contributed by atoms with van der Waals surface area (Å²) in [4.78, 5) is 29.1. The van der Waals surface area contributed by atoms with E-state index in [0.29, 0.717) is 24.7 Å². The lowest BCUT2D eigenvalue weighted by Gasteiger charge is -2.63. The van der Waals surface area contributed by atoms with Gasteiger partial charge >= 0.3 is 5.97 Å². The second-order valence-electron chi connectivity index (χ2n) is 21.9. The van der Waals surface area contributed by atoms with Gasteiger partial charge in [0.15, 0.2) is 0 Å². The third-order valence-electron chi connectivity index (χ3n) is 18.9. The van der Waals surface area contributed by atoms with Gasteiger partial charge in [-0.05, 0) is 151 Å². The van der Waals surface area contributed by atoms with E-state index in [1.165, 1.54) is 0 Å². The Morgan fingerprint density at radius 1 is 0.902 bits per heavy atom. The number of nitrogens with two attached hydrogens (primary N) is 3. The lowest BCUT2D eigenvalue weighted by atomic mass is 9.50. The molecule has 13 nitrogen and oxygen atoms in total. The number of carbonyl (C=O) groups excluding carboxylic acids is 2. The first-order valence-electron chi connectivity index (χ1n) is 24.8. The highest BCUT2D eigenvalue weighted by Crippen LogP contribution is 2.61. The highest BCUT2D eigenvalue weighted by atomic mass is 16.6. The van der Waals surface area contributed by atoms with Gasteiger partial charge < -0.3 is 51.0 Å². The van der Waals surface area contributed by atoms with E-state index in [1.807, 2.05) is 13.0 Å². The van der Waals surface area contributed by atoms with Crippen molar-refractivity contribution in [2.24, 2.45) is 88.4 Å². The summed E-state index contributed by atoms with van der Waals surface area (Å²) in [6.45, 7) is 5.37. The van der Waals surface area contributed by atoms with Crippen molar-refractivity contribution in [1.82, 2.24) is 5.32 Å². The van der Waals surface area contributed by atoms with Crippen molar-refractivity contribution < 1.29 is 49.5 Å². The monoisotopic (exact) mass is 856 g/mol. The van der Waals surface area contributed by atoms with Crippen LogP contribution in [0.3, 0.4) is 0 Å². The first-order chi connectivity index (χ1) is 29.4. The summed E-state index contributed by atoms with van der Waals surface area (Å²) >= 11 is 0. The molecule has 4 saturated carbocycles. The van der Waals surface area contributed by atoms with E-state index in [4.69, 9.17) is 25.7 Å². The van der Waals surface area contributed by atoms with Crippen LogP contribution in [-0.2, 0) is 23.8 Å². The number of Topliss-reactive ketones (excluding diaryl/α,β-unsaturated/α-hetero) is 1. The van der Waals surface area contributed by atoms with Gasteiger partial charge in [-0.25, -0.2) is 4.79 Å². The van der Waals surface area contributed by atoms with Crippen LogP contribution in [0.25, 0.3) is 0 Å². The minimum absolute atomic E-state index is 0.0138. The third-order valence-corrected chi connectivity index (χ3v) is 18.9. The Morgan fingerprint density at radius 3 is 2.39 bits per heavy atom. The van der Waals surface area contributed by atoms with Crippen LogP contribution in [0.15, 0.2) is 11.6 Å². The highest BCUT2D eigenvalue weighted by Gasteiger charge is 2.67. The van der Waals surface area contributed by atoms with Crippen LogP contribution < -0.4 is 22.1 Å². The first-order valence-corrected chi connectivity index (χ1v) is 24.8. The van der Waals surface area contributed by atoms with Gasteiger partial charge in [-0.15, -0.1) is 0 Å². The molecule has 9 aliphatic rings. The summed E-state index contributed by atoms with van der Waals surface area (Å²) in [7, 11) is 0. The number of quaternary nitrogens is 1. The molecule has 5 aliphatic heterocycles. The van der Waals surface area contributed by atoms with Crippen molar-refractivity contribution in [3.05, 3.63) is 11.6 Å².